The van der Waals surface area contributed by atoms with Gasteiger partial charge in [-0.25, -0.2) is 26.6 Å². The number of halogens is 3. The standard InChI is InChI=1S/C19H16F3N3O3S2/c20-12-9-14(22)17-15(10-12)29-19(23-17)24-18(26)11-5-7-25(8-6-11)30(27,28)16-4-2-1-3-13(16)21/h1-4,9-11H,5-8H2,(H,23,24,26). The van der Waals surface area contributed by atoms with E-state index < -0.39 is 38.3 Å². The molecule has 3 aromatic rings. The summed E-state index contributed by atoms with van der Waals surface area (Å²) in [4.78, 5) is 16.1. The maximum Gasteiger partial charge on any atom is 0.245 e. The van der Waals surface area contributed by atoms with Gasteiger partial charge in [0.05, 0.1) is 4.70 Å². The highest BCUT2D eigenvalue weighted by molar-refractivity contribution is 7.89. The summed E-state index contributed by atoms with van der Waals surface area (Å²) in [6, 6.07) is 7.01. The number of amides is 1. The molecule has 1 aromatic heterocycles. The number of nitrogens with one attached hydrogen (secondary N) is 1. The maximum atomic E-state index is 13.9. The molecule has 0 unspecified atom stereocenters. The Hall–Kier alpha value is -2.50. The molecule has 0 saturated carbocycles. The first kappa shape index (κ1) is 20.8. The molecule has 158 valence electrons. The third kappa shape index (κ3) is 3.92. The van der Waals surface area contributed by atoms with Gasteiger partial charge in [-0.05, 0) is 31.0 Å². The molecule has 0 bridgehead atoms. The Bertz CT molecular complexity index is 1220. The van der Waals surface area contributed by atoms with E-state index >= 15 is 0 Å². The average molecular weight is 455 g/mol. The summed E-state index contributed by atoms with van der Waals surface area (Å²) in [5, 5.41) is 2.73. The second-order valence-corrected chi connectivity index (χ2v) is 9.79. The van der Waals surface area contributed by atoms with Crippen LogP contribution in [0.3, 0.4) is 0 Å². The number of anilines is 1. The van der Waals surface area contributed by atoms with Crippen molar-refractivity contribution < 1.29 is 26.4 Å². The van der Waals surface area contributed by atoms with E-state index in [9.17, 15) is 26.4 Å². The van der Waals surface area contributed by atoms with Crippen LogP contribution in [0.4, 0.5) is 18.3 Å². The van der Waals surface area contributed by atoms with Gasteiger partial charge < -0.3 is 5.32 Å². The zero-order chi connectivity index (χ0) is 21.5. The van der Waals surface area contributed by atoms with Crippen LogP contribution in [-0.2, 0) is 14.8 Å². The van der Waals surface area contributed by atoms with Gasteiger partial charge in [-0.1, -0.05) is 23.5 Å². The molecule has 6 nitrogen and oxygen atoms in total. The second kappa shape index (κ2) is 7.97. The molecule has 0 radical (unpaired) electrons. The van der Waals surface area contributed by atoms with Gasteiger partial charge in [0, 0.05) is 25.1 Å². The fourth-order valence-corrected chi connectivity index (χ4v) is 5.81. The monoisotopic (exact) mass is 455 g/mol. The van der Waals surface area contributed by atoms with E-state index in [0.29, 0.717) is 0 Å². The number of thiazole rings is 1. The molecular formula is C19H16F3N3O3S2. The molecule has 1 amide bonds. The molecule has 1 N–H and O–H groups in total. The summed E-state index contributed by atoms with van der Waals surface area (Å²) < 4.78 is 67.7. The van der Waals surface area contributed by atoms with E-state index in [-0.39, 0.29) is 47.2 Å². The van der Waals surface area contributed by atoms with E-state index in [1.807, 2.05) is 0 Å². The summed E-state index contributed by atoms with van der Waals surface area (Å²) in [5.41, 5.74) is -0.0255. The fraction of sp³-hybridized carbons (Fsp3) is 0.263. The number of carbonyl (C=O) groups is 1. The fourth-order valence-electron chi connectivity index (χ4n) is 3.37. The van der Waals surface area contributed by atoms with Crippen LogP contribution >= 0.6 is 11.3 Å². The van der Waals surface area contributed by atoms with E-state index in [1.165, 1.54) is 18.2 Å². The van der Waals surface area contributed by atoms with Gasteiger partial charge in [0.25, 0.3) is 0 Å². The van der Waals surface area contributed by atoms with Gasteiger partial charge in [-0.15, -0.1) is 0 Å². The van der Waals surface area contributed by atoms with Crippen molar-refractivity contribution >= 4 is 42.6 Å². The highest BCUT2D eigenvalue weighted by Crippen LogP contribution is 2.30. The normalized spacial score (nSPS) is 16.1. The molecule has 1 saturated heterocycles. The number of hydrogen-bond donors (Lipinski definition) is 1. The first-order valence-electron chi connectivity index (χ1n) is 9.07. The van der Waals surface area contributed by atoms with Crippen molar-refractivity contribution in [2.24, 2.45) is 5.92 Å². The summed E-state index contributed by atoms with van der Waals surface area (Å²) in [5.74, 6) is -3.22. The number of nitrogens with zero attached hydrogens (tertiary/aromatic N) is 2. The highest BCUT2D eigenvalue weighted by atomic mass is 32.2. The lowest BCUT2D eigenvalue weighted by atomic mass is 9.97. The summed E-state index contributed by atoms with van der Waals surface area (Å²) in [6.07, 6.45) is 0.487. The lowest BCUT2D eigenvalue weighted by Gasteiger charge is -2.30. The number of fused-ring (bicyclic) bond motifs is 1. The molecule has 4 rings (SSSR count). The predicted molar refractivity (Wildman–Crippen MR) is 106 cm³/mol. The van der Waals surface area contributed by atoms with Crippen molar-refractivity contribution in [2.45, 2.75) is 17.7 Å². The topological polar surface area (TPSA) is 79.4 Å². The SMILES string of the molecule is O=C(Nc1nc2c(F)cc(F)cc2s1)C1CCN(S(=O)(=O)c2ccccc2F)CC1. The Labute approximate surface area is 174 Å². The highest BCUT2D eigenvalue weighted by Gasteiger charge is 2.33. The minimum absolute atomic E-state index is 0.0255. The van der Waals surface area contributed by atoms with Crippen LogP contribution in [0.15, 0.2) is 41.3 Å². The van der Waals surface area contributed by atoms with E-state index in [4.69, 9.17) is 0 Å². The van der Waals surface area contributed by atoms with Crippen LogP contribution in [-0.4, -0.2) is 36.7 Å². The van der Waals surface area contributed by atoms with Gasteiger partial charge in [-0.3, -0.25) is 4.79 Å². The maximum absolute atomic E-state index is 13.9. The van der Waals surface area contributed by atoms with E-state index in [2.05, 4.69) is 10.3 Å². The molecule has 2 aromatic carbocycles. The number of benzene rings is 2. The van der Waals surface area contributed by atoms with E-state index in [0.717, 1.165) is 33.8 Å². The van der Waals surface area contributed by atoms with Gasteiger partial charge in [0.2, 0.25) is 15.9 Å². The summed E-state index contributed by atoms with van der Waals surface area (Å²) >= 11 is 0.951. The van der Waals surface area contributed by atoms with Crippen molar-refractivity contribution in [2.75, 3.05) is 18.4 Å². The number of carbonyl (C=O) groups excluding carboxylic acids is 1. The Morgan fingerprint density at radius 2 is 1.80 bits per heavy atom. The van der Waals surface area contributed by atoms with Crippen molar-refractivity contribution in [1.29, 1.82) is 0 Å². The van der Waals surface area contributed by atoms with Gasteiger partial charge in [0.1, 0.15) is 22.0 Å². The first-order valence-corrected chi connectivity index (χ1v) is 11.3. The van der Waals surface area contributed by atoms with Crippen LogP contribution in [0.2, 0.25) is 0 Å². The first-order chi connectivity index (χ1) is 14.3. The number of aromatic nitrogens is 1. The van der Waals surface area contributed by atoms with Crippen molar-refractivity contribution in [3.05, 3.63) is 53.8 Å². The van der Waals surface area contributed by atoms with Gasteiger partial charge >= 0.3 is 0 Å². The molecule has 2 heterocycles. The lowest BCUT2D eigenvalue weighted by molar-refractivity contribution is -0.120. The number of sulfonamides is 1. The van der Waals surface area contributed by atoms with Gasteiger partial charge in [0.15, 0.2) is 10.9 Å². The van der Waals surface area contributed by atoms with Crippen LogP contribution < -0.4 is 5.32 Å². The Morgan fingerprint density at radius 1 is 1.10 bits per heavy atom. The number of hydrogen-bond acceptors (Lipinski definition) is 5. The zero-order valence-electron chi connectivity index (χ0n) is 15.4. The summed E-state index contributed by atoms with van der Waals surface area (Å²) in [7, 11) is -3.99. The van der Waals surface area contributed by atoms with Crippen LogP contribution in [0, 0.1) is 23.4 Å². The lowest BCUT2D eigenvalue weighted by Crippen LogP contribution is -2.41. The Morgan fingerprint density at radius 3 is 2.50 bits per heavy atom. The largest absolute Gasteiger partial charge is 0.302 e. The van der Waals surface area contributed by atoms with Crippen molar-refractivity contribution in [3.8, 4) is 0 Å². The minimum Gasteiger partial charge on any atom is -0.302 e. The molecule has 11 heteroatoms. The van der Waals surface area contributed by atoms with E-state index in [1.54, 1.807) is 0 Å². The molecule has 0 spiro atoms. The molecule has 30 heavy (non-hydrogen) atoms. The minimum atomic E-state index is -3.99. The second-order valence-electron chi connectivity index (χ2n) is 6.85. The third-order valence-corrected chi connectivity index (χ3v) is 7.77. The third-order valence-electron chi connectivity index (χ3n) is 4.92. The molecule has 0 aliphatic carbocycles. The molecular weight excluding hydrogens is 439 g/mol. The average Bonchev–Trinajstić information content (AvgIpc) is 3.11. The van der Waals surface area contributed by atoms with Crippen molar-refractivity contribution in [1.82, 2.24) is 9.29 Å². The smallest absolute Gasteiger partial charge is 0.245 e. The molecule has 0 atom stereocenters. The Kier molecular flexibility index (Phi) is 5.51. The van der Waals surface area contributed by atoms with Crippen LogP contribution in [0.5, 0.6) is 0 Å². The molecule has 1 fully saturated rings. The van der Waals surface area contributed by atoms with Crippen molar-refractivity contribution in [3.63, 3.8) is 0 Å². The quantitative estimate of drug-likeness (QED) is 0.650. The zero-order valence-corrected chi connectivity index (χ0v) is 17.1. The number of piperidine rings is 1. The Balaban J connectivity index is 1.42. The predicted octanol–water partition coefficient (Wildman–Crippen LogP) is 3.75. The summed E-state index contributed by atoms with van der Waals surface area (Å²) in [6.45, 7) is 0.128. The molecule has 1 aliphatic rings. The van der Waals surface area contributed by atoms with Crippen LogP contribution in [0.1, 0.15) is 12.8 Å². The van der Waals surface area contributed by atoms with Crippen LogP contribution in [0.25, 0.3) is 10.2 Å². The van der Waals surface area contributed by atoms with Gasteiger partial charge in [-0.2, -0.15) is 4.31 Å². The molecule has 1 aliphatic heterocycles. The number of rotatable bonds is 4.